The summed E-state index contributed by atoms with van der Waals surface area (Å²) in [4.78, 5) is 38.0. The number of amides is 2. The maximum atomic E-state index is 12.8. The summed E-state index contributed by atoms with van der Waals surface area (Å²) in [7, 11) is 0. The van der Waals surface area contributed by atoms with Crippen molar-refractivity contribution < 1.29 is 23.8 Å². The second-order valence-corrected chi connectivity index (χ2v) is 7.86. The van der Waals surface area contributed by atoms with Crippen molar-refractivity contribution in [3.63, 3.8) is 0 Å². The van der Waals surface area contributed by atoms with E-state index >= 15 is 0 Å². The summed E-state index contributed by atoms with van der Waals surface area (Å²) in [6, 6.07) is 14.8. The van der Waals surface area contributed by atoms with E-state index in [1.165, 1.54) is 0 Å². The number of fused-ring (bicyclic) bond motifs is 1. The van der Waals surface area contributed by atoms with Crippen molar-refractivity contribution in [3.05, 3.63) is 58.6 Å². The minimum Gasteiger partial charge on any atom is -0.465 e. The summed E-state index contributed by atoms with van der Waals surface area (Å²) in [5.74, 6) is -1.60. The van der Waals surface area contributed by atoms with E-state index in [2.05, 4.69) is 21.7 Å². The molecule has 0 saturated carbocycles. The molecule has 0 radical (unpaired) electrons. The molecule has 33 heavy (non-hydrogen) atoms. The van der Waals surface area contributed by atoms with Crippen molar-refractivity contribution in [3.8, 4) is 17.2 Å². The Bertz CT molecular complexity index is 1260. The Hall–Kier alpha value is -4.10. The van der Waals surface area contributed by atoms with Gasteiger partial charge in [0.1, 0.15) is 5.54 Å². The van der Waals surface area contributed by atoms with E-state index in [1.54, 1.807) is 24.3 Å². The molecule has 0 spiro atoms. The number of oxazole rings is 1. The monoisotopic (exact) mass is 450 g/mol. The van der Waals surface area contributed by atoms with Gasteiger partial charge in [-0.3, -0.25) is 9.78 Å². The summed E-state index contributed by atoms with van der Waals surface area (Å²) in [5.41, 5.74) is 2.27. The molecular formula is C23H22N4O6. The zero-order chi connectivity index (χ0) is 23.4. The summed E-state index contributed by atoms with van der Waals surface area (Å²) >= 11 is 0. The molecule has 3 aromatic rings. The quantitative estimate of drug-likeness (QED) is 0.449. The number of nitriles is 1. The average molecular weight is 450 g/mol. The number of aromatic amines is 1. The largest absolute Gasteiger partial charge is 0.465 e. The molecule has 2 aromatic carbocycles. The summed E-state index contributed by atoms with van der Waals surface area (Å²) in [6.07, 6.45) is -0.829. The van der Waals surface area contributed by atoms with Crippen molar-refractivity contribution in [1.82, 2.24) is 15.6 Å². The van der Waals surface area contributed by atoms with Crippen LogP contribution in [0.3, 0.4) is 0 Å². The smallest absolute Gasteiger partial charge is 0.417 e. The first-order valence-corrected chi connectivity index (χ1v) is 10.4. The maximum Gasteiger partial charge on any atom is 0.417 e. The SMILES string of the molecule is N#CC(CNC(=O)C1(NC(=O)O)CCOCC1)c1ccc(-c2ccc3oc(=O)[nH]c3c2)cc1. The topological polar surface area (TPSA) is 157 Å². The van der Waals surface area contributed by atoms with Crippen molar-refractivity contribution in [2.45, 2.75) is 24.3 Å². The van der Waals surface area contributed by atoms with Crippen LogP contribution in [-0.4, -0.2) is 47.4 Å². The molecule has 2 amide bonds. The molecule has 0 aliphatic carbocycles. The second-order valence-electron chi connectivity index (χ2n) is 7.86. The van der Waals surface area contributed by atoms with E-state index in [0.717, 1.165) is 11.1 Å². The molecule has 1 saturated heterocycles. The van der Waals surface area contributed by atoms with E-state index in [0.29, 0.717) is 16.7 Å². The van der Waals surface area contributed by atoms with E-state index in [1.807, 2.05) is 18.2 Å². The molecule has 1 fully saturated rings. The highest BCUT2D eigenvalue weighted by molar-refractivity contribution is 5.90. The summed E-state index contributed by atoms with van der Waals surface area (Å²) in [5, 5.41) is 23.9. The fourth-order valence-electron chi connectivity index (χ4n) is 3.97. The first kappa shape index (κ1) is 22.1. The Kier molecular flexibility index (Phi) is 6.15. The van der Waals surface area contributed by atoms with E-state index in [-0.39, 0.29) is 32.6 Å². The molecule has 4 rings (SSSR count). The number of aromatic nitrogens is 1. The van der Waals surface area contributed by atoms with Gasteiger partial charge in [-0.25, -0.2) is 9.59 Å². The van der Waals surface area contributed by atoms with Gasteiger partial charge in [0.2, 0.25) is 5.91 Å². The third-order valence-electron chi connectivity index (χ3n) is 5.82. The van der Waals surface area contributed by atoms with Gasteiger partial charge in [0, 0.05) is 32.6 Å². The molecule has 1 unspecified atom stereocenters. The number of hydrogen-bond donors (Lipinski definition) is 4. The molecule has 10 heteroatoms. The lowest BCUT2D eigenvalue weighted by Gasteiger charge is -2.35. The first-order chi connectivity index (χ1) is 15.9. The number of rotatable bonds is 6. The lowest BCUT2D eigenvalue weighted by molar-refractivity contribution is -0.131. The van der Waals surface area contributed by atoms with E-state index < -0.39 is 29.2 Å². The first-order valence-electron chi connectivity index (χ1n) is 10.4. The van der Waals surface area contributed by atoms with Crippen molar-refractivity contribution in [2.75, 3.05) is 19.8 Å². The third kappa shape index (κ3) is 4.73. The normalized spacial score (nSPS) is 16.0. The third-order valence-corrected chi connectivity index (χ3v) is 5.82. The van der Waals surface area contributed by atoms with Crippen LogP contribution in [0.4, 0.5) is 4.79 Å². The average Bonchev–Trinajstić information content (AvgIpc) is 3.19. The lowest BCUT2D eigenvalue weighted by Crippen LogP contribution is -2.61. The van der Waals surface area contributed by atoms with E-state index in [4.69, 9.17) is 14.3 Å². The van der Waals surface area contributed by atoms with Gasteiger partial charge in [0.15, 0.2) is 5.58 Å². The minimum absolute atomic E-state index is 0.0425. The number of carboxylic acid groups (broad SMARTS) is 1. The minimum atomic E-state index is -1.28. The fraction of sp³-hybridized carbons (Fsp3) is 0.304. The highest BCUT2D eigenvalue weighted by atomic mass is 16.5. The number of hydrogen-bond acceptors (Lipinski definition) is 6. The number of H-pyrrole nitrogens is 1. The van der Waals surface area contributed by atoms with Crippen LogP contribution in [0.15, 0.2) is 51.7 Å². The molecule has 1 aliphatic rings. The Labute approximate surface area is 188 Å². The Morgan fingerprint density at radius 1 is 1.15 bits per heavy atom. The predicted molar refractivity (Wildman–Crippen MR) is 118 cm³/mol. The molecular weight excluding hydrogens is 428 g/mol. The fourth-order valence-corrected chi connectivity index (χ4v) is 3.97. The second kappa shape index (κ2) is 9.18. The number of carbonyl (C=O) groups excluding carboxylic acids is 1. The van der Waals surface area contributed by atoms with Crippen LogP contribution >= 0.6 is 0 Å². The molecule has 1 aliphatic heterocycles. The summed E-state index contributed by atoms with van der Waals surface area (Å²) < 4.78 is 10.3. The van der Waals surface area contributed by atoms with Crippen molar-refractivity contribution in [2.24, 2.45) is 0 Å². The summed E-state index contributed by atoms with van der Waals surface area (Å²) in [6.45, 7) is 0.589. The van der Waals surface area contributed by atoms with Gasteiger partial charge in [-0.05, 0) is 28.8 Å². The van der Waals surface area contributed by atoms with Gasteiger partial charge >= 0.3 is 11.8 Å². The predicted octanol–water partition coefficient (Wildman–Crippen LogP) is 2.33. The van der Waals surface area contributed by atoms with Gasteiger partial charge in [-0.1, -0.05) is 30.3 Å². The number of nitrogens with zero attached hydrogens (tertiary/aromatic N) is 1. The van der Waals surface area contributed by atoms with Gasteiger partial charge in [0.05, 0.1) is 17.5 Å². The number of ether oxygens (including phenoxy) is 1. The lowest BCUT2D eigenvalue weighted by atomic mass is 9.88. The molecule has 2 heterocycles. The number of benzene rings is 2. The zero-order valence-corrected chi connectivity index (χ0v) is 17.6. The Morgan fingerprint density at radius 2 is 1.85 bits per heavy atom. The van der Waals surface area contributed by atoms with Crippen molar-refractivity contribution in [1.29, 1.82) is 5.26 Å². The van der Waals surface area contributed by atoms with Crippen molar-refractivity contribution >= 4 is 23.1 Å². The molecule has 170 valence electrons. The van der Waals surface area contributed by atoms with Gasteiger partial charge < -0.3 is 24.9 Å². The van der Waals surface area contributed by atoms with Crippen LogP contribution in [0.1, 0.15) is 24.3 Å². The van der Waals surface area contributed by atoms with Gasteiger partial charge in [-0.2, -0.15) is 5.26 Å². The number of nitrogens with one attached hydrogen (secondary N) is 3. The maximum absolute atomic E-state index is 12.8. The van der Waals surface area contributed by atoms with Crippen LogP contribution in [0.25, 0.3) is 22.2 Å². The van der Waals surface area contributed by atoms with E-state index in [9.17, 15) is 19.6 Å². The standard InChI is InChI=1S/C23H22N4O6/c24-12-17(13-25-20(28)23(27-21(29)30)7-9-32-10-8-23)15-3-1-14(2-4-15)16-5-6-19-18(11-16)26-22(31)33-19/h1-6,11,17,27H,7-10,13H2,(H,25,28)(H,26,31)(H,29,30). The highest BCUT2D eigenvalue weighted by Gasteiger charge is 2.41. The molecule has 4 N–H and O–H groups in total. The highest BCUT2D eigenvalue weighted by Crippen LogP contribution is 2.26. The van der Waals surface area contributed by atoms with Gasteiger partial charge in [-0.15, -0.1) is 0 Å². The van der Waals surface area contributed by atoms with Crippen LogP contribution in [-0.2, 0) is 9.53 Å². The van der Waals surface area contributed by atoms with Crippen LogP contribution in [0, 0.1) is 11.3 Å². The molecule has 1 aromatic heterocycles. The molecule has 0 bridgehead atoms. The zero-order valence-electron chi connectivity index (χ0n) is 17.6. The van der Waals surface area contributed by atoms with Crippen LogP contribution in [0.5, 0.6) is 0 Å². The molecule has 1 atom stereocenters. The number of carbonyl (C=O) groups is 2. The van der Waals surface area contributed by atoms with Crippen LogP contribution in [0.2, 0.25) is 0 Å². The van der Waals surface area contributed by atoms with Gasteiger partial charge in [0.25, 0.3) is 0 Å². The Morgan fingerprint density at radius 3 is 2.52 bits per heavy atom. The Balaban J connectivity index is 1.46. The van der Waals surface area contributed by atoms with Crippen LogP contribution < -0.4 is 16.4 Å². The molecule has 10 nitrogen and oxygen atoms in total.